The molecule has 1 saturated carbocycles. The molecule has 8 heteroatoms. The highest BCUT2D eigenvalue weighted by molar-refractivity contribution is 6.04. The van der Waals surface area contributed by atoms with Crippen LogP contribution in [0, 0.1) is 17.6 Å². The zero-order valence-corrected chi connectivity index (χ0v) is 21.2. The predicted molar refractivity (Wildman–Crippen MR) is 140 cm³/mol. The number of pyridine rings is 1. The number of methoxy groups -OCH3 is 2. The van der Waals surface area contributed by atoms with Gasteiger partial charge >= 0.3 is 5.97 Å². The van der Waals surface area contributed by atoms with Gasteiger partial charge in [-0.2, -0.15) is 0 Å². The first-order chi connectivity index (χ1) is 17.9. The van der Waals surface area contributed by atoms with Gasteiger partial charge in [-0.15, -0.1) is 0 Å². The van der Waals surface area contributed by atoms with Crippen LogP contribution in [0.2, 0.25) is 0 Å². The fraction of sp³-hybridized carbons (Fsp3) is 0.379. The van der Waals surface area contributed by atoms with Crippen LogP contribution in [-0.4, -0.2) is 43.8 Å². The molecule has 0 spiro atoms. The molecular formula is C29H33F2N3O3. The summed E-state index contributed by atoms with van der Waals surface area (Å²) in [6, 6.07) is 11.0. The van der Waals surface area contributed by atoms with Crippen LogP contribution >= 0.6 is 0 Å². The minimum absolute atomic E-state index is 0.0445. The highest BCUT2D eigenvalue weighted by Gasteiger charge is 2.26. The van der Waals surface area contributed by atoms with Gasteiger partial charge in [-0.3, -0.25) is 0 Å². The summed E-state index contributed by atoms with van der Waals surface area (Å²) in [6.45, 7) is 0.587. The molecule has 1 aliphatic rings. The zero-order chi connectivity index (χ0) is 26.4. The second-order valence-electron chi connectivity index (χ2n) is 9.47. The summed E-state index contributed by atoms with van der Waals surface area (Å²) in [7, 11) is 2.92. The van der Waals surface area contributed by atoms with Gasteiger partial charge in [0.05, 0.1) is 25.3 Å². The third-order valence-corrected chi connectivity index (χ3v) is 7.14. The summed E-state index contributed by atoms with van der Waals surface area (Å²) in [5.41, 5.74) is 9.06. The second-order valence-corrected chi connectivity index (χ2v) is 9.47. The first kappa shape index (κ1) is 26.7. The number of aromatic nitrogens is 1. The first-order valence-electron chi connectivity index (χ1n) is 12.5. The molecule has 1 unspecified atom stereocenters. The molecule has 0 radical (unpaired) electrons. The van der Waals surface area contributed by atoms with Gasteiger partial charge in [-0.05, 0) is 73.9 Å². The van der Waals surface area contributed by atoms with Crippen LogP contribution in [0.4, 0.5) is 8.78 Å². The number of carbonyl (C=O) groups excluding carboxylic acids is 1. The number of halogens is 2. The van der Waals surface area contributed by atoms with E-state index in [1.165, 1.54) is 13.2 Å². The number of ether oxygens (including phenoxy) is 2. The van der Waals surface area contributed by atoms with Crippen molar-refractivity contribution < 1.29 is 23.0 Å². The molecule has 3 N–H and O–H groups in total. The Balaban J connectivity index is 1.34. The van der Waals surface area contributed by atoms with Crippen LogP contribution in [0.1, 0.15) is 47.2 Å². The molecule has 1 atom stereocenters. The lowest BCUT2D eigenvalue weighted by molar-refractivity contribution is 0.0603. The van der Waals surface area contributed by atoms with E-state index >= 15 is 0 Å². The molecule has 6 nitrogen and oxygen atoms in total. The Morgan fingerprint density at radius 3 is 2.65 bits per heavy atom. The average molecular weight is 510 g/mol. The van der Waals surface area contributed by atoms with E-state index in [9.17, 15) is 13.6 Å². The van der Waals surface area contributed by atoms with E-state index in [1.807, 2.05) is 18.2 Å². The molecule has 1 heterocycles. The third kappa shape index (κ3) is 6.50. The smallest absolute Gasteiger partial charge is 0.338 e. The number of hydrogen-bond donors (Lipinski definition) is 2. The van der Waals surface area contributed by atoms with E-state index in [-0.39, 0.29) is 11.6 Å². The van der Waals surface area contributed by atoms with E-state index in [4.69, 9.17) is 15.2 Å². The van der Waals surface area contributed by atoms with Crippen LogP contribution < -0.4 is 15.8 Å². The molecule has 0 aliphatic heterocycles. The Bertz CT molecular complexity index is 1270. The molecular weight excluding hydrogens is 476 g/mol. The maximum Gasteiger partial charge on any atom is 0.338 e. The van der Waals surface area contributed by atoms with Gasteiger partial charge in [0.25, 0.3) is 0 Å². The molecule has 0 saturated heterocycles. The summed E-state index contributed by atoms with van der Waals surface area (Å²) < 4.78 is 37.3. The highest BCUT2D eigenvalue weighted by Crippen LogP contribution is 2.30. The molecule has 1 aromatic heterocycles. The van der Waals surface area contributed by atoms with Gasteiger partial charge in [0.1, 0.15) is 11.6 Å². The van der Waals surface area contributed by atoms with Crippen LogP contribution in [0.5, 0.6) is 5.88 Å². The van der Waals surface area contributed by atoms with Gasteiger partial charge in [0.15, 0.2) is 0 Å². The molecule has 0 bridgehead atoms. The molecule has 4 rings (SSSR count). The molecule has 3 aromatic rings. The zero-order valence-electron chi connectivity index (χ0n) is 21.2. The quantitative estimate of drug-likeness (QED) is 0.393. The minimum atomic E-state index is -0.453. The minimum Gasteiger partial charge on any atom is -0.481 e. The van der Waals surface area contributed by atoms with Gasteiger partial charge in [-0.1, -0.05) is 18.2 Å². The van der Waals surface area contributed by atoms with Crippen molar-refractivity contribution in [3.05, 3.63) is 76.9 Å². The fourth-order valence-corrected chi connectivity index (χ4v) is 5.06. The van der Waals surface area contributed by atoms with Crippen molar-refractivity contribution in [3.63, 3.8) is 0 Å². The third-order valence-electron chi connectivity index (χ3n) is 7.14. The maximum atomic E-state index is 13.7. The normalized spacial score (nSPS) is 18.7. The number of esters is 1. The number of nitrogens with zero attached hydrogens (tertiary/aromatic N) is 1. The van der Waals surface area contributed by atoms with Crippen molar-refractivity contribution in [1.29, 1.82) is 0 Å². The van der Waals surface area contributed by atoms with Crippen LogP contribution in [0.3, 0.4) is 0 Å². The number of nitrogens with two attached hydrogens (primary N) is 1. The summed E-state index contributed by atoms with van der Waals surface area (Å²) in [5.74, 6) is -0.449. The molecule has 2 aromatic carbocycles. The van der Waals surface area contributed by atoms with Crippen LogP contribution in [0.15, 0.2) is 48.5 Å². The monoisotopic (exact) mass is 509 g/mol. The van der Waals surface area contributed by atoms with E-state index in [1.54, 1.807) is 25.3 Å². The fourth-order valence-electron chi connectivity index (χ4n) is 5.06. The summed E-state index contributed by atoms with van der Waals surface area (Å²) in [4.78, 5) is 16.8. The SMILES string of the molecule is COC(=O)c1ccc(CC(N)C2CCC(NCC=Cc3cc(F)ccc3F)CC2)c2nc(OC)ccc12. The summed E-state index contributed by atoms with van der Waals surface area (Å²) in [6.07, 6.45) is 8.05. The number of carbonyl (C=O) groups is 1. The Kier molecular flexibility index (Phi) is 8.84. The lowest BCUT2D eigenvalue weighted by atomic mass is 9.79. The van der Waals surface area contributed by atoms with Crippen molar-refractivity contribution in [1.82, 2.24) is 10.3 Å². The molecule has 37 heavy (non-hydrogen) atoms. The van der Waals surface area contributed by atoms with E-state index in [2.05, 4.69) is 10.3 Å². The van der Waals surface area contributed by atoms with Crippen molar-refractivity contribution >= 4 is 22.9 Å². The molecule has 0 amide bonds. The Morgan fingerprint density at radius 2 is 1.92 bits per heavy atom. The number of rotatable bonds is 9. The van der Waals surface area contributed by atoms with Crippen molar-refractivity contribution in [3.8, 4) is 5.88 Å². The highest BCUT2D eigenvalue weighted by atomic mass is 19.1. The maximum absolute atomic E-state index is 13.7. The Labute approximate surface area is 215 Å². The van der Waals surface area contributed by atoms with Crippen molar-refractivity contribution in [2.45, 2.75) is 44.2 Å². The molecule has 196 valence electrons. The number of benzene rings is 2. The van der Waals surface area contributed by atoms with Crippen LogP contribution in [0.25, 0.3) is 17.0 Å². The second kappa shape index (κ2) is 12.3. The first-order valence-corrected chi connectivity index (χ1v) is 12.5. The number of nitrogens with one attached hydrogen (secondary N) is 1. The largest absolute Gasteiger partial charge is 0.481 e. The van der Waals surface area contributed by atoms with E-state index in [0.717, 1.165) is 48.8 Å². The van der Waals surface area contributed by atoms with Gasteiger partial charge in [0, 0.05) is 35.6 Å². The Morgan fingerprint density at radius 1 is 1.14 bits per heavy atom. The topological polar surface area (TPSA) is 86.5 Å². The van der Waals surface area contributed by atoms with Gasteiger partial charge in [-0.25, -0.2) is 18.6 Å². The summed E-state index contributed by atoms with van der Waals surface area (Å²) >= 11 is 0. The van der Waals surface area contributed by atoms with E-state index < -0.39 is 17.6 Å². The average Bonchev–Trinajstić information content (AvgIpc) is 2.92. The Hall–Kier alpha value is -3.36. The standard InChI is InChI=1S/C29H33F2N3O3/c1-36-27-14-12-23-24(29(35)37-2)11-7-20(28(23)34-27)17-26(32)18-5-9-22(10-6-18)33-15-3-4-19-16-21(30)8-13-25(19)31/h3-4,7-8,11-14,16,18,22,26,33H,5-6,9-10,15,17,32H2,1-2H3. The molecule has 1 aliphatic carbocycles. The van der Waals surface area contributed by atoms with Crippen molar-refractivity contribution in [2.24, 2.45) is 11.7 Å². The number of hydrogen-bond acceptors (Lipinski definition) is 6. The van der Waals surface area contributed by atoms with Gasteiger partial charge < -0.3 is 20.5 Å². The lowest BCUT2D eigenvalue weighted by Gasteiger charge is -2.32. The van der Waals surface area contributed by atoms with Crippen molar-refractivity contribution in [2.75, 3.05) is 20.8 Å². The van der Waals surface area contributed by atoms with E-state index in [0.29, 0.717) is 41.9 Å². The number of fused-ring (bicyclic) bond motifs is 1. The van der Waals surface area contributed by atoms with Gasteiger partial charge in [0.2, 0.25) is 5.88 Å². The predicted octanol–water partition coefficient (Wildman–Crippen LogP) is 5.04. The molecule has 1 fully saturated rings. The van der Waals surface area contributed by atoms with Crippen LogP contribution in [-0.2, 0) is 11.2 Å². The lowest BCUT2D eigenvalue weighted by Crippen LogP contribution is -2.39. The summed E-state index contributed by atoms with van der Waals surface area (Å²) in [5, 5.41) is 4.20.